The molecule has 0 bridgehead atoms. The van der Waals surface area contributed by atoms with E-state index < -0.39 is 16.1 Å². The molecule has 2 N–H and O–H groups in total. The number of nitro benzene ring substituents is 1. The lowest BCUT2D eigenvalue weighted by molar-refractivity contribution is -0.384. The second-order valence-corrected chi connectivity index (χ2v) is 7.67. The summed E-state index contributed by atoms with van der Waals surface area (Å²) in [4.78, 5) is 41.1. The van der Waals surface area contributed by atoms with Crippen LogP contribution in [0.3, 0.4) is 0 Å². The summed E-state index contributed by atoms with van der Waals surface area (Å²) in [5.74, 6) is -0.706. The van der Waals surface area contributed by atoms with Crippen LogP contribution >= 0.6 is 11.8 Å². The fourth-order valence-corrected chi connectivity index (χ4v) is 3.60. The second kappa shape index (κ2) is 8.74. The van der Waals surface area contributed by atoms with Gasteiger partial charge in [-0.25, -0.2) is 4.99 Å². The molecular formula is C19H19N5O4S. The van der Waals surface area contributed by atoms with Crippen molar-refractivity contribution in [1.82, 2.24) is 5.32 Å². The monoisotopic (exact) mass is 413 g/mol. The van der Waals surface area contributed by atoms with Crippen molar-refractivity contribution in [2.45, 2.75) is 11.7 Å². The van der Waals surface area contributed by atoms with Crippen molar-refractivity contribution >= 4 is 51.5 Å². The van der Waals surface area contributed by atoms with E-state index in [-0.39, 0.29) is 18.0 Å². The number of carbonyl (C=O) groups is 2. The number of non-ortho nitro benzene ring substituents is 1. The molecule has 2 amide bonds. The number of hydrogen-bond acceptors (Lipinski definition) is 7. The van der Waals surface area contributed by atoms with Crippen molar-refractivity contribution in [3.8, 4) is 0 Å². The summed E-state index contributed by atoms with van der Waals surface area (Å²) in [6, 6.07) is 13.2. The molecule has 0 radical (unpaired) electrons. The van der Waals surface area contributed by atoms with E-state index in [1.807, 2.05) is 43.3 Å². The van der Waals surface area contributed by atoms with Crippen molar-refractivity contribution in [2.75, 3.05) is 24.3 Å². The zero-order valence-corrected chi connectivity index (χ0v) is 16.6. The Bertz CT molecular complexity index is 975. The topological polar surface area (TPSA) is 117 Å². The molecule has 1 heterocycles. The first-order valence-electron chi connectivity index (χ1n) is 8.70. The lowest BCUT2D eigenvalue weighted by Gasteiger charge is -2.11. The molecule has 0 aromatic heterocycles. The van der Waals surface area contributed by atoms with Crippen molar-refractivity contribution < 1.29 is 14.5 Å². The summed E-state index contributed by atoms with van der Waals surface area (Å²) in [7, 11) is 3.88. The van der Waals surface area contributed by atoms with Gasteiger partial charge in [-0.15, -0.1) is 0 Å². The number of rotatable bonds is 6. The van der Waals surface area contributed by atoms with Gasteiger partial charge in [-0.2, -0.15) is 0 Å². The molecule has 150 valence electrons. The molecule has 10 heteroatoms. The number of carbonyl (C=O) groups excluding carboxylic acids is 2. The summed E-state index contributed by atoms with van der Waals surface area (Å²) in [6.07, 6.45) is -0.0716. The highest BCUT2D eigenvalue weighted by atomic mass is 32.2. The average molecular weight is 413 g/mol. The van der Waals surface area contributed by atoms with Gasteiger partial charge < -0.3 is 15.5 Å². The number of nitrogens with zero attached hydrogens (tertiary/aromatic N) is 3. The minimum Gasteiger partial charge on any atom is -0.378 e. The number of anilines is 2. The Hall–Kier alpha value is -3.40. The van der Waals surface area contributed by atoms with Crippen LogP contribution in [0.1, 0.15) is 6.42 Å². The van der Waals surface area contributed by atoms with Gasteiger partial charge in [0.05, 0.1) is 10.6 Å². The van der Waals surface area contributed by atoms with Gasteiger partial charge in [0.2, 0.25) is 11.8 Å². The fraction of sp³-hybridized carbons (Fsp3) is 0.211. The smallest absolute Gasteiger partial charge is 0.271 e. The van der Waals surface area contributed by atoms with Crippen LogP contribution in [-0.2, 0) is 9.59 Å². The number of aliphatic imine (C=N–C) groups is 1. The van der Waals surface area contributed by atoms with Gasteiger partial charge in [0.25, 0.3) is 5.69 Å². The number of hydrogen-bond donors (Lipinski definition) is 2. The van der Waals surface area contributed by atoms with Gasteiger partial charge in [0.1, 0.15) is 5.25 Å². The van der Waals surface area contributed by atoms with E-state index in [0.717, 1.165) is 5.69 Å². The lowest BCUT2D eigenvalue weighted by atomic mass is 10.2. The highest BCUT2D eigenvalue weighted by molar-refractivity contribution is 8.15. The van der Waals surface area contributed by atoms with Crippen LogP contribution in [0.4, 0.5) is 22.7 Å². The molecule has 9 nitrogen and oxygen atoms in total. The first-order valence-corrected chi connectivity index (χ1v) is 9.57. The molecule has 1 aliphatic rings. The van der Waals surface area contributed by atoms with Gasteiger partial charge in [-0.1, -0.05) is 17.8 Å². The van der Waals surface area contributed by atoms with Crippen LogP contribution in [0.5, 0.6) is 0 Å². The Morgan fingerprint density at radius 2 is 2.00 bits per heavy atom. The highest BCUT2D eigenvalue weighted by Crippen LogP contribution is 2.27. The predicted molar refractivity (Wildman–Crippen MR) is 114 cm³/mol. The summed E-state index contributed by atoms with van der Waals surface area (Å²) in [5, 5.41) is 15.9. The minimum atomic E-state index is -0.617. The molecule has 1 saturated heterocycles. The molecule has 1 fully saturated rings. The number of thioether (sulfide) groups is 1. The van der Waals surface area contributed by atoms with Crippen molar-refractivity contribution in [2.24, 2.45) is 4.99 Å². The van der Waals surface area contributed by atoms with Gasteiger partial charge in [0, 0.05) is 44.0 Å². The normalized spacial score (nSPS) is 17.1. The van der Waals surface area contributed by atoms with Crippen LogP contribution in [0, 0.1) is 10.1 Å². The molecule has 0 aliphatic carbocycles. The van der Waals surface area contributed by atoms with E-state index >= 15 is 0 Å². The number of amides is 2. The van der Waals surface area contributed by atoms with Gasteiger partial charge in [0.15, 0.2) is 5.17 Å². The summed E-state index contributed by atoms with van der Waals surface area (Å²) in [6.45, 7) is 0. The van der Waals surface area contributed by atoms with E-state index in [1.165, 1.54) is 30.0 Å². The van der Waals surface area contributed by atoms with Crippen molar-refractivity contribution in [3.63, 3.8) is 0 Å². The van der Waals surface area contributed by atoms with Crippen LogP contribution in [0.25, 0.3) is 0 Å². The maximum atomic E-state index is 12.2. The van der Waals surface area contributed by atoms with Gasteiger partial charge in [-0.3, -0.25) is 19.7 Å². The molecular weight excluding hydrogens is 394 g/mol. The van der Waals surface area contributed by atoms with E-state index in [0.29, 0.717) is 16.5 Å². The molecule has 0 saturated carbocycles. The van der Waals surface area contributed by atoms with E-state index in [9.17, 15) is 19.7 Å². The Morgan fingerprint density at radius 3 is 2.66 bits per heavy atom. The zero-order chi connectivity index (χ0) is 21.0. The molecule has 2 aromatic rings. The first-order chi connectivity index (χ1) is 13.8. The summed E-state index contributed by atoms with van der Waals surface area (Å²) < 4.78 is 0. The molecule has 1 aliphatic heterocycles. The van der Waals surface area contributed by atoms with Gasteiger partial charge in [-0.05, 0) is 30.3 Å². The van der Waals surface area contributed by atoms with Crippen LogP contribution in [0.15, 0.2) is 53.5 Å². The third-order valence-electron chi connectivity index (χ3n) is 4.08. The fourth-order valence-electron chi connectivity index (χ4n) is 2.61. The summed E-state index contributed by atoms with van der Waals surface area (Å²) >= 11 is 1.18. The summed E-state index contributed by atoms with van der Waals surface area (Å²) in [5.41, 5.74) is 1.92. The molecule has 2 aromatic carbocycles. The van der Waals surface area contributed by atoms with E-state index in [4.69, 9.17) is 0 Å². The molecule has 1 atom stereocenters. The zero-order valence-electron chi connectivity index (χ0n) is 15.8. The van der Waals surface area contributed by atoms with E-state index in [1.54, 1.807) is 6.07 Å². The Morgan fingerprint density at radius 1 is 1.28 bits per heavy atom. The Balaban J connectivity index is 1.60. The number of amidine groups is 1. The maximum absolute atomic E-state index is 12.2. The van der Waals surface area contributed by atoms with Gasteiger partial charge >= 0.3 is 0 Å². The third-order valence-corrected chi connectivity index (χ3v) is 5.17. The lowest BCUT2D eigenvalue weighted by Crippen LogP contribution is -2.28. The molecule has 29 heavy (non-hydrogen) atoms. The van der Waals surface area contributed by atoms with Crippen LogP contribution < -0.4 is 15.5 Å². The number of benzene rings is 2. The quantitative estimate of drug-likeness (QED) is 0.555. The highest BCUT2D eigenvalue weighted by Gasteiger charge is 2.32. The number of nitro groups is 1. The Kier molecular flexibility index (Phi) is 6.13. The predicted octanol–water partition coefficient (Wildman–Crippen LogP) is 2.91. The van der Waals surface area contributed by atoms with Crippen molar-refractivity contribution in [1.29, 1.82) is 0 Å². The van der Waals surface area contributed by atoms with Crippen molar-refractivity contribution in [3.05, 3.63) is 58.6 Å². The second-order valence-electron chi connectivity index (χ2n) is 6.48. The molecule has 3 rings (SSSR count). The Labute approximate surface area is 171 Å². The maximum Gasteiger partial charge on any atom is 0.271 e. The molecule has 0 spiro atoms. The first kappa shape index (κ1) is 20.3. The molecule has 1 unspecified atom stereocenters. The third kappa shape index (κ3) is 5.32. The number of nitrogens with one attached hydrogen (secondary N) is 2. The van der Waals surface area contributed by atoms with Crippen LogP contribution in [0.2, 0.25) is 0 Å². The largest absolute Gasteiger partial charge is 0.378 e. The van der Waals surface area contributed by atoms with Crippen LogP contribution in [-0.4, -0.2) is 41.3 Å². The standard InChI is InChI=1S/C19H19N5O4S/c1-23(2)14-8-6-12(7-9-14)21-19-22-18(26)16(29-19)11-17(25)20-13-4-3-5-15(10-13)24(27)28/h3-10,16H,11H2,1-2H3,(H,20,25)(H,21,22,26). The minimum absolute atomic E-state index is 0.0716. The SMILES string of the molecule is CN(C)c1ccc(N=C2NC(=O)C(CC(=O)Nc3cccc([N+](=O)[O-])c3)S2)cc1. The van der Waals surface area contributed by atoms with E-state index in [2.05, 4.69) is 15.6 Å². The average Bonchev–Trinajstić information content (AvgIpc) is 3.01.